The topological polar surface area (TPSA) is 110 Å². The van der Waals surface area contributed by atoms with Crippen molar-refractivity contribution in [3.05, 3.63) is 57.5 Å². The number of benzene rings is 1. The molecule has 0 aliphatic rings. The van der Waals surface area contributed by atoms with Crippen LogP contribution in [0.15, 0.2) is 29.3 Å². The van der Waals surface area contributed by atoms with E-state index in [0.29, 0.717) is 5.82 Å². The second-order valence-electron chi connectivity index (χ2n) is 6.44. The van der Waals surface area contributed by atoms with Gasteiger partial charge in [-0.15, -0.1) is 0 Å². The van der Waals surface area contributed by atoms with Crippen LogP contribution in [0.4, 0.5) is 19.0 Å². The van der Waals surface area contributed by atoms with Crippen LogP contribution in [0.1, 0.15) is 40.4 Å². The van der Waals surface area contributed by atoms with Crippen molar-refractivity contribution in [3.63, 3.8) is 0 Å². The first kappa shape index (κ1) is 20.2. The monoisotopic (exact) mass is 407 g/mol. The summed E-state index contributed by atoms with van der Waals surface area (Å²) in [6, 6.07) is 1.12. The van der Waals surface area contributed by atoms with Crippen LogP contribution in [0, 0.1) is 6.92 Å². The fourth-order valence-electron chi connectivity index (χ4n) is 2.86. The van der Waals surface area contributed by atoms with E-state index in [0.717, 1.165) is 18.5 Å². The van der Waals surface area contributed by atoms with Gasteiger partial charge in [-0.25, -0.2) is 19.7 Å². The van der Waals surface area contributed by atoms with Gasteiger partial charge in [-0.3, -0.25) is 9.36 Å². The van der Waals surface area contributed by atoms with E-state index < -0.39 is 29.3 Å². The minimum absolute atomic E-state index is 0.0422. The van der Waals surface area contributed by atoms with Crippen molar-refractivity contribution in [1.29, 1.82) is 0 Å². The van der Waals surface area contributed by atoms with E-state index in [9.17, 15) is 22.8 Å². The Morgan fingerprint density at radius 2 is 1.93 bits per heavy atom. The minimum Gasteiger partial charge on any atom is -0.476 e. The molecule has 0 fully saturated rings. The lowest BCUT2D eigenvalue weighted by atomic mass is 9.98. The molecule has 3 rings (SSSR count). The van der Waals surface area contributed by atoms with E-state index in [1.54, 1.807) is 0 Å². The third kappa shape index (κ3) is 3.89. The maximum Gasteiger partial charge on any atom is 0.416 e. The van der Waals surface area contributed by atoms with E-state index in [2.05, 4.69) is 20.3 Å². The Kier molecular flexibility index (Phi) is 4.99. The number of nitrogens with zero attached hydrogens (tertiary/aromatic N) is 4. The van der Waals surface area contributed by atoms with Crippen LogP contribution in [-0.2, 0) is 13.2 Å². The summed E-state index contributed by atoms with van der Waals surface area (Å²) in [5.74, 6) is -0.890. The summed E-state index contributed by atoms with van der Waals surface area (Å²) in [5.41, 5.74) is -1.90. The predicted molar refractivity (Wildman–Crippen MR) is 97.8 cm³/mol. The van der Waals surface area contributed by atoms with Crippen molar-refractivity contribution < 1.29 is 23.1 Å². The zero-order chi connectivity index (χ0) is 21.5. The lowest BCUT2D eigenvalue weighted by molar-refractivity contribution is -0.138. The zero-order valence-corrected chi connectivity index (χ0v) is 15.6. The van der Waals surface area contributed by atoms with Crippen LogP contribution in [0.3, 0.4) is 0 Å². The molecule has 1 atom stereocenters. The zero-order valence-electron chi connectivity index (χ0n) is 15.6. The van der Waals surface area contributed by atoms with E-state index >= 15 is 0 Å². The third-order valence-corrected chi connectivity index (χ3v) is 4.48. The molecule has 1 unspecified atom stereocenters. The van der Waals surface area contributed by atoms with Crippen molar-refractivity contribution in [1.82, 2.24) is 19.5 Å². The minimum atomic E-state index is -4.67. The molecule has 152 valence electrons. The van der Waals surface area contributed by atoms with Crippen LogP contribution in [0.5, 0.6) is 0 Å². The van der Waals surface area contributed by atoms with Gasteiger partial charge in [-0.2, -0.15) is 13.2 Å². The summed E-state index contributed by atoms with van der Waals surface area (Å²) in [4.78, 5) is 34.9. The lowest BCUT2D eigenvalue weighted by Crippen LogP contribution is -2.22. The molecule has 2 N–H and O–H groups in total. The van der Waals surface area contributed by atoms with Crippen molar-refractivity contribution in [2.45, 2.75) is 26.1 Å². The van der Waals surface area contributed by atoms with Crippen LogP contribution < -0.4 is 10.9 Å². The van der Waals surface area contributed by atoms with Gasteiger partial charge in [0.1, 0.15) is 11.6 Å². The highest BCUT2D eigenvalue weighted by Crippen LogP contribution is 2.37. The van der Waals surface area contributed by atoms with Gasteiger partial charge in [0.15, 0.2) is 5.69 Å². The molecule has 0 saturated carbocycles. The Balaban J connectivity index is 2.10. The van der Waals surface area contributed by atoms with Gasteiger partial charge in [0.25, 0.3) is 5.56 Å². The number of hydrogen-bond acceptors (Lipinski definition) is 6. The molecule has 29 heavy (non-hydrogen) atoms. The quantitative estimate of drug-likeness (QED) is 0.684. The highest BCUT2D eigenvalue weighted by Gasteiger charge is 2.35. The van der Waals surface area contributed by atoms with Crippen molar-refractivity contribution in [2.24, 2.45) is 7.05 Å². The van der Waals surface area contributed by atoms with Gasteiger partial charge in [0, 0.05) is 7.05 Å². The molecule has 0 amide bonds. The molecule has 0 aliphatic carbocycles. The number of aromatic carboxylic acids is 1. The SMILES string of the molecule is Cc1nc2cc(C(F)(F)F)c(C(C)Nc3cnc(C(=O)O)cn3)cc2c(=O)n1C. The fraction of sp³-hybridized carbons (Fsp3) is 0.278. The second kappa shape index (κ2) is 7.15. The maximum atomic E-state index is 13.7. The number of hydrogen-bond donors (Lipinski definition) is 2. The van der Waals surface area contributed by atoms with E-state index in [1.807, 2.05) is 0 Å². The van der Waals surface area contributed by atoms with Crippen molar-refractivity contribution in [2.75, 3.05) is 5.32 Å². The molecule has 8 nitrogen and oxygen atoms in total. The lowest BCUT2D eigenvalue weighted by Gasteiger charge is -2.21. The Hall–Kier alpha value is -3.50. The Bertz CT molecular complexity index is 1160. The first-order chi connectivity index (χ1) is 13.5. The molecule has 0 radical (unpaired) electrons. The Morgan fingerprint density at radius 3 is 2.48 bits per heavy atom. The Morgan fingerprint density at radius 1 is 1.24 bits per heavy atom. The third-order valence-electron chi connectivity index (χ3n) is 4.48. The number of aromatic nitrogens is 4. The molecule has 1 aromatic carbocycles. The molecule has 0 bridgehead atoms. The second-order valence-corrected chi connectivity index (χ2v) is 6.44. The molecule has 2 aromatic heterocycles. The number of fused-ring (bicyclic) bond motifs is 1. The number of nitrogens with one attached hydrogen (secondary N) is 1. The molecule has 0 saturated heterocycles. The van der Waals surface area contributed by atoms with Crippen molar-refractivity contribution >= 4 is 22.7 Å². The summed E-state index contributed by atoms with van der Waals surface area (Å²) in [6.45, 7) is 3.00. The van der Waals surface area contributed by atoms with E-state index in [1.165, 1.54) is 31.5 Å². The first-order valence-corrected chi connectivity index (χ1v) is 8.39. The highest BCUT2D eigenvalue weighted by atomic mass is 19.4. The molecule has 11 heteroatoms. The van der Waals surface area contributed by atoms with Gasteiger partial charge in [0.05, 0.1) is 34.9 Å². The molecule has 2 heterocycles. The van der Waals surface area contributed by atoms with E-state index in [4.69, 9.17) is 5.11 Å². The van der Waals surface area contributed by atoms with Gasteiger partial charge >= 0.3 is 12.1 Å². The normalized spacial score (nSPS) is 12.8. The number of carbonyl (C=O) groups is 1. The van der Waals surface area contributed by atoms with Gasteiger partial charge in [0.2, 0.25) is 0 Å². The predicted octanol–water partition coefficient (Wildman–Crippen LogP) is 2.92. The number of carboxylic acid groups (broad SMARTS) is 1. The number of aryl methyl sites for hydroxylation is 1. The summed E-state index contributed by atoms with van der Waals surface area (Å²) in [5, 5.41) is 11.7. The van der Waals surface area contributed by atoms with Gasteiger partial charge in [-0.1, -0.05) is 0 Å². The number of carboxylic acids is 1. The molecule has 0 aliphatic heterocycles. The van der Waals surface area contributed by atoms with Crippen LogP contribution in [0.25, 0.3) is 10.9 Å². The fourth-order valence-corrected chi connectivity index (χ4v) is 2.86. The van der Waals surface area contributed by atoms with Gasteiger partial charge in [-0.05, 0) is 31.5 Å². The average molecular weight is 407 g/mol. The first-order valence-electron chi connectivity index (χ1n) is 8.39. The maximum absolute atomic E-state index is 13.7. The summed E-state index contributed by atoms with van der Waals surface area (Å²) >= 11 is 0. The van der Waals surface area contributed by atoms with Crippen LogP contribution >= 0.6 is 0 Å². The van der Waals surface area contributed by atoms with E-state index in [-0.39, 0.29) is 28.0 Å². The van der Waals surface area contributed by atoms with Crippen LogP contribution in [0.2, 0.25) is 0 Å². The van der Waals surface area contributed by atoms with Gasteiger partial charge < -0.3 is 10.4 Å². The summed E-state index contributed by atoms with van der Waals surface area (Å²) in [7, 11) is 1.49. The standard InChI is InChI=1S/C18H16F3N5O3/c1-8(24-15-7-22-14(6-23-15)17(28)29)10-4-11-13(5-12(10)18(19,20)21)25-9(2)26(3)16(11)27/h4-8H,1-3H3,(H,23,24)(H,28,29). The van der Waals surface area contributed by atoms with Crippen molar-refractivity contribution in [3.8, 4) is 0 Å². The average Bonchev–Trinajstić information content (AvgIpc) is 2.65. The highest BCUT2D eigenvalue weighted by molar-refractivity contribution is 5.85. The summed E-state index contributed by atoms with van der Waals surface area (Å²) in [6.07, 6.45) is -2.57. The summed E-state index contributed by atoms with van der Waals surface area (Å²) < 4.78 is 42.3. The Labute approximate surface area is 162 Å². The number of alkyl halides is 3. The molecule has 0 spiro atoms. The number of halogens is 3. The van der Waals surface area contributed by atoms with Crippen LogP contribution in [-0.4, -0.2) is 30.6 Å². The molecular weight excluding hydrogens is 391 g/mol. The molecular formula is C18H16F3N5O3. The number of anilines is 1. The number of rotatable bonds is 4. The smallest absolute Gasteiger partial charge is 0.416 e. The largest absolute Gasteiger partial charge is 0.476 e. The molecule has 3 aromatic rings.